The van der Waals surface area contributed by atoms with Gasteiger partial charge in [-0.25, -0.2) is 4.79 Å². The van der Waals surface area contributed by atoms with Gasteiger partial charge in [0, 0.05) is 11.2 Å². The highest BCUT2D eigenvalue weighted by Crippen LogP contribution is 2.32. The van der Waals surface area contributed by atoms with Crippen LogP contribution in [0.25, 0.3) is 0 Å². The Labute approximate surface area is 122 Å². The van der Waals surface area contributed by atoms with Crippen molar-refractivity contribution >= 4 is 23.5 Å². The lowest BCUT2D eigenvalue weighted by Crippen LogP contribution is -2.56. The minimum Gasteiger partial charge on any atom is -0.480 e. The number of pyridine rings is 1. The highest BCUT2D eigenvalue weighted by molar-refractivity contribution is 6.30. The Bertz CT molecular complexity index is 525. The van der Waals surface area contributed by atoms with E-state index in [1.807, 2.05) is 0 Å². The second-order valence-corrected chi connectivity index (χ2v) is 5.82. The van der Waals surface area contributed by atoms with Gasteiger partial charge in [0.1, 0.15) is 11.2 Å². The molecule has 0 aliphatic heterocycles. The Balaban J connectivity index is 2.17. The lowest BCUT2D eigenvalue weighted by atomic mass is 9.77. The zero-order chi connectivity index (χ0) is 14.8. The van der Waals surface area contributed by atoms with Crippen LogP contribution < -0.4 is 5.32 Å². The summed E-state index contributed by atoms with van der Waals surface area (Å²) in [5.41, 5.74) is -1.05. The standard InChI is InChI=1S/C14H17ClN2O3/c1-9-2-5-14(6-3-9,13(19)20)17-12(18)11-8-10(15)4-7-16-11/h4,7-9H,2-3,5-6H2,1H3,(H,17,18)(H,19,20). The SMILES string of the molecule is CC1CCC(NC(=O)c2cc(Cl)ccn2)(C(=O)O)CC1. The highest BCUT2D eigenvalue weighted by Gasteiger charge is 2.42. The summed E-state index contributed by atoms with van der Waals surface area (Å²) < 4.78 is 0. The minimum absolute atomic E-state index is 0.136. The molecule has 0 aromatic carbocycles. The quantitative estimate of drug-likeness (QED) is 0.898. The van der Waals surface area contributed by atoms with Crippen LogP contribution in [0.2, 0.25) is 5.02 Å². The summed E-state index contributed by atoms with van der Waals surface area (Å²) in [7, 11) is 0. The predicted molar refractivity (Wildman–Crippen MR) is 74.7 cm³/mol. The van der Waals surface area contributed by atoms with Gasteiger partial charge in [-0.15, -0.1) is 0 Å². The van der Waals surface area contributed by atoms with Crippen molar-refractivity contribution in [1.29, 1.82) is 0 Å². The fourth-order valence-electron chi connectivity index (χ4n) is 2.46. The number of carbonyl (C=O) groups is 2. The largest absolute Gasteiger partial charge is 0.480 e. The summed E-state index contributed by atoms with van der Waals surface area (Å²) in [6, 6.07) is 2.99. The Morgan fingerprint density at radius 2 is 2.10 bits per heavy atom. The van der Waals surface area contributed by atoms with Gasteiger partial charge in [-0.3, -0.25) is 9.78 Å². The first-order chi connectivity index (χ1) is 9.43. The third-order valence-electron chi connectivity index (χ3n) is 3.84. The molecule has 0 unspecified atom stereocenters. The molecular formula is C14H17ClN2O3. The van der Waals surface area contributed by atoms with Crippen molar-refractivity contribution in [2.45, 2.75) is 38.1 Å². The van der Waals surface area contributed by atoms with Crippen molar-refractivity contribution in [2.24, 2.45) is 5.92 Å². The molecule has 0 radical (unpaired) electrons. The first kappa shape index (κ1) is 14.8. The van der Waals surface area contributed by atoms with Crippen LogP contribution in [-0.2, 0) is 4.79 Å². The topological polar surface area (TPSA) is 79.3 Å². The fourth-order valence-corrected chi connectivity index (χ4v) is 2.62. The lowest BCUT2D eigenvalue weighted by Gasteiger charge is -2.36. The number of hydrogen-bond acceptors (Lipinski definition) is 3. The molecule has 108 valence electrons. The second-order valence-electron chi connectivity index (χ2n) is 5.38. The average molecular weight is 297 g/mol. The van der Waals surface area contributed by atoms with Gasteiger partial charge in [-0.2, -0.15) is 0 Å². The number of nitrogens with zero attached hydrogens (tertiary/aromatic N) is 1. The highest BCUT2D eigenvalue weighted by atomic mass is 35.5. The van der Waals surface area contributed by atoms with Crippen LogP contribution in [-0.4, -0.2) is 27.5 Å². The monoisotopic (exact) mass is 296 g/mol. The Hall–Kier alpha value is -1.62. The second kappa shape index (κ2) is 5.79. The van der Waals surface area contributed by atoms with Crippen LogP contribution in [0.5, 0.6) is 0 Å². The molecule has 1 aliphatic rings. The number of aromatic nitrogens is 1. The fraction of sp³-hybridized carbons (Fsp3) is 0.500. The van der Waals surface area contributed by atoms with E-state index in [0.29, 0.717) is 23.8 Å². The first-order valence-corrected chi connectivity index (χ1v) is 6.98. The number of halogens is 1. The van der Waals surface area contributed by atoms with E-state index in [2.05, 4.69) is 17.2 Å². The van der Waals surface area contributed by atoms with Gasteiger partial charge < -0.3 is 10.4 Å². The number of amides is 1. The molecule has 0 spiro atoms. The van der Waals surface area contributed by atoms with Crippen LogP contribution >= 0.6 is 11.6 Å². The molecule has 1 aromatic heterocycles. The van der Waals surface area contributed by atoms with E-state index in [-0.39, 0.29) is 5.69 Å². The van der Waals surface area contributed by atoms with Crippen molar-refractivity contribution in [1.82, 2.24) is 10.3 Å². The van der Waals surface area contributed by atoms with Gasteiger partial charge in [0.25, 0.3) is 5.91 Å². The molecule has 1 heterocycles. The molecular weight excluding hydrogens is 280 g/mol. The van der Waals surface area contributed by atoms with Crippen molar-refractivity contribution in [3.05, 3.63) is 29.0 Å². The van der Waals surface area contributed by atoms with E-state index in [1.54, 1.807) is 6.07 Å². The molecule has 1 amide bonds. The maximum atomic E-state index is 12.2. The van der Waals surface area contributed by atoms with Crippen molar-refractivity contribution in [3.63, 3.8) is 0 Å². The van der Waals surface area contributed by atoms with E-state index in [9.17, 15) is 14.7 Å². The van der Waals surface area contributed by atoms with Gasteiger partial charge in [-0.1, -0.05) is 18.5 Å². The summed E-state index contributed by atoms with van der Waals surface area (Å²) in [5, 5.41) is 12.5. The molecule has 1 fully saturated rings. The van der Waals surface area contributed by atoms with Crippen LogP contribution in [0.3, 0.4) is 0 Å². The smallest absolute Gasteiger partial charge is 0.329 e. The normalized spacial score (nSPS) is 26.0. The van der Waals surface area contributed by atoms with Crippen molar-refractivity contribution in [2.75, 3.05) is 0 Å². The van der Waals surface area contributed by atoms with E-state index in [1.165, 1.54) is 12.3 Å². The molecule has 1 aromatic rings. The van der Waals surface area contributed by atoms with Crippen molar-refractivity contribution in [3.8, 4) is 0 Å². The van der Waals surface area contributed by atoms with Gasteiger partial charge in [0.05, 0.1) is 0 Å². The van der Waals surface area contributed by atoms with Crippen LogP contribution in [0.4, 0.5) is 0 Å². The predicted octanol–water partition coefficient (Wildman–Crippen LogP) is 2.50. The Morgan fingerprint density at radius 3 is 2.65 bits per heavy atom. The Morgan fingerprint density at radius 1 is 1.45 bits per heavy atom. The maximum Gasteiger partial charge on any atom is 0.329 e. The summed E-state index contributed by atoms with van der Waals surface area (Å²) in [6.45, 7) is 2.09. The molecule has 2 rings (SSSR count). The maximum absolute atomic E-state index is 12.2. The Kier molecular flexibility index (Phi) is 4.28. The lowest BCUT2D eigenvalue weighted by molar-refractivity contribution is -0.146. The number of rotatable bonds is 3. The zero-order valence-electron chi connectivity index (χ0n) is 11.2. The zero-order valence-corrected chi connectivity index (χ0v) is 12.0. The van der Waals surface area contributed by atoms with Gasteiger partial charge in [0.2, 0.25) is 0 Å². The number of nitrogens with one attached hydrogen (secondary N) is 1. The molecule has 20 heavy (non-hydrogen) atoms. The third kappa shape index (κ3) is 3.10. The number of aliphatic carboxylic acids is 1. The molecule has 1 aliphatic carbocycles. The van der Waals surface area contributed by atoms with Crippen LogP contribution in [0.1, 0.15) is 43.1 Å². The molecule has 0 atom stereocenters. The van der Waals surface area contributed by atoms with Crippen LogP contribution in [0.15, 0.2) is 18.3 Å². The van der Waals surface area contributed by atoms with E-state index >= 15 is 0 Å². The third-order valence-corrected chi connectivity index (χ3v) is 4.08. The molecule has 6 heteroatoms. The summed E-state index contributed by atoms with van der Waals surface area (Å²) in [5.74, 6) is -0.993. The number of carbonyl (C=O) groups excluding carboxylic acids is 1. The summed E-state index contributed by atoms with van der Waals surface area (Å²) >= 11 is 5.81. The van der Waals surface area contributed by atoms with E-state index < -0.39 is 17.4 Å². The molecule has 0 bridgehead atoms. The van der Waals surface area contributed by atoms with Crippen molar-refractivity contribution < 1.29 is 14.7 Å². The number of carboxylic acid groups (broad SMARTS) is 1. The summed E-state index contributed by atoms with van der Waals surface area (Å²) in [4.78, 5) is 27.6. The van der Waals surface area contributed by atoms with Gasteiger partial charge >= 0.3 is 5.97 Å². The molecule has 0 saturated heterocycles. The number of hydrogen-bond donors (Lipinski definition) is 2. The first-order valence-electron chi connectivity index (χ1n) is 6.60. The number of carboxylic acids is 1. The van der Waals surface area contributed by atoms with Gasteiger partial charge in [-0.05, 0) is 43.7 Å². The van der Waals surface area contributed by atoms with E-state index in [0.717, 1.165) is 12.8 Å². The van der Waals surface area contributed by atoms with Crippen LogP contribution in [0, 0.1) is 5.92 Å². The molecule has 1 saturated carbocycles. The molecule has 5 nitrogen and oxygen atoms in total. The van der Waals surface area contributed by atoms with E-state index in [4.69, 9.17) is 11.6 Å². The average Bonchev–Trinajstić information content (AvgIpc) is 2.41. The summed E-state index contributed by atoms with van der Waals surface area (Å²) in [6.07, 6.45) is 3.88. The molecule has 2 N–H and O–H groups in total. The van der Waals surface area contributed by atoms with Gasteiger partial charge in [0.15, 0.2) is 0 Å². The minimum atomic E-state index is -1.19.